The highest BCUT2D eigenvalue weighted by molar-refractivity contribution is 6.30. The van der Waals surface area contributed by atoms with Crippen LogP contribution < -0.4 is 14.8 Å². The van der Waals surface area contributed by atoms with Crippen LogP contribution >= 0.6 is 11.6 Å². The lowest BCUT2D eigenvalue weighted by Crippen LogP contribution is -2.13. The Bertz CT molecular complexity index is 684. The van der Waals surface area contributed by atoms with Crippen LogP contribution in [0.25, 0.3) is 0 Å². The zero-order valence-corrected chi connectivity index (χ0v) is 13.6. The number of benzene rings is 2. The molecule has 0 spiro atoms. The summed E-state index contributed by atoms with van der Waals surface area (Å²) in [5, 5.41) is 2.81. The van der Waals surface area contributed by atoms with Gasteiger partial charge in [-0.1, -0.05) is 11.6 Å². The number of rotatable bonds is 6. The largest absolute Gasteiger partial charge is 0.497 e. The van der Waals surface area contributed by atoms with Crippen molar-refractivity contribution in [3.63, 3.8) is 0 Å². The first-order valence-electron chi connectivity index (χ1n) is 6.98. The van der Waals surface area contributed by atoms with E-state index >= 15 is 0 Å². The van der Waals surface area contributed by atoms with Crippen LogP contribution in [0.2, 0.25) is 5.02 Å². The third kappa shape index (κ3) is 4.86. The first kappa shape index (κ1) is 17.1. The van der Waals surface area contributed by atoms with Gasteiger partial charge in [0, 0.05) is 17.5 Å². The summed E-state index contributed by atoms with van der Waals surface area (Å²) in [6, 6.07) is 9.53. The van der Waals surface area contributed by atoms with Crippen molar-refractivity contribution in [2.75, 3.05) is 19.5 Å². The number of hydrogen-bond acceptors (Lipinski definition) is 3. The molecule has 1 N–H and O–H groups in total. The molecule has 0 aliphatic heterocycles. The summed E-state index contributed by atoms with van der Waals surface area (Å²) in [7, 11) is 3.13. The lowest BCUT2D eigenvalue weighted by molar-refractivity contribution is -0.116. The number of methoxy groups -OCH3 is 2. The molecule has 2 aromatic carbocycles. The van der Waals surface area contributed by atoms with Gasteiger partial charge in [0.05, 0.1) is 19.9 Å². The lowest BCUT2D eigenvalue weighted by atomic mass is 10.1. The maximum atomic E-state index is 13.6. The molecule has 0 saturated heterocycles. The van der Waals surface area contributed by atoms with Crippen LogP contribution in [0.5, 0.6) is 11.5 Å². The van der Waals surface area contributed by atoms with Crippen LogP contribution in [-0.4, -0.2) is 20.1 Å². The summed E-state index contributed by atoms with van der Waals surface area (Å²) >= 11 is 5.68. The second kappa shape index (κ2) is 7.83. The van der Waals surface area contributed by atoms with Crippen molar-refractivity contribution < 1.29 is 18.7 Å². The quantitative estimate of drug-likeness (QED) is 0.864. The molecule has 0 aliphatic rings. The highest BCUT2D eigenvalue weighted by Crippen LogP contribution is 2.24. The van der Waals surface area contributed by atoms with E-state index in [0.29, 0.717) is 17.9 Å². The molecule has 0 aromatic heterocycles. The minimum Gasteiger partial charge on any atom is -0.497 e. The smallest absolute Gasteiger partial charge is 0.224 e. The van der Waals surface area contributed by atoms with E-state index in [1.165, 1.54) is 12.1 Å². The lowest BCUT2D eigenvalue weighted by Gasteiger charge is -2.09. The van der Waals surface area contributed by atoms with Crippen molar-refractivity contribution in [3.05, 3.63) is 52.8 Å². The first-order chi connectivity index (χ1) is 11.0. The molecule has 2 aromatic rings. The fourth-order valence-electron chi connectivity index (χ4n) is 2.07. The standard InChI is InChI=1S/C17H17ClFNO3/c1-22-13-7-11(8-14(10-13)23-2)3-6-17(21)20-16-5-4-12(18)9-15(16)19/h4-5,7-10H,3,6H2,1-2H3,(H,20,21). The first-order valence-corrected chi connectivity index (χ1v) is 7.36. The average molecular weight is 338 g/mol. The molecule has 0 saturated carbocycles. The normalized spacial score (nSPS) is 10.3. The van der Waals surface area contributed by atoms with Crippen LogP contribution in [0.4, 0.5) is 10.1 Å². The van der Waals surface area contributed by atoms with Gasteiger partial charge in [-0.3, -0.25) is 4.79 Å². The SMILES string of the molecule is COc1cc(CCC(=O)Nc2ccc(Cl)cc2F)cc(OC)c1. The summed E-state index contributed by atoms with van der Waals surface area (Å²) in [6.07, 6.45) is 0.687. The summed E-state index contributed by atoms with van der Waals surface area (Å²) in [5.41, 5.74) is 1.01. The van der Waals surface area contributed by atoms with E-state index in [1.54, 1.807) is 20.3 Å². The van der Waals surface area contributed by atoms with Crippen LogP contribution in [-0.2, 0) is 11.2 Å². The van der Waals surface area contributed by atoms with Crippen molar-refractivity contribution in [3.8, 4) is 11.5 Å². The summed E-state index contributed by atoms with van der Waals surface area (Å²) in [6.45, 7) is 0. The van der Waals surface area contributed by atoms with E-state index < -0.39 is 5.82 Å². The summed E-state index contributed by atoms with van der Waals surface area (Å²) in [4.78, 5) is 12.0. The molecule has 122 valence electrons. The third-order valence-electron chi connectivity index (χ3n) is 3.26. The molecule has 23 heavy (non-hydrogen) atoms. The van der Waals surface area contributed by atoms with Crippen LogP contribution in [0.15, 0.2) is 36.4 Å². The Balaban J connectivity index is 1.99. The van der Waals surface area contributed by atoms with Gasteiger partial charge in [0.1, 0.15) is 17.3 Å². The van der Waals surface area contributed by atoms with Crippen molar-refractivity contribution in [2.24, 2.45) is 0 Å². The summed E-state index contributed by atoms with van der Waals surface area (Å²) < 4.78 is 24.0. The number of amides is 1. The zero-order valence-electron chi connectivity index (χ0n) is 12.9. The Morgan fingerprint density at radius 3 is 2.35 bits per heavy atom. The molecule has 0 radical (unpaired) electrons. The molecular weight excluding hydrogens is 321 g/mol. The van der Waals surface area contributed by atoms with Crippen LogP contribution in [0.3, 0.4) is 0 Å². The van der Waals surface area contributed by atoms with E-state index in [0.717, 1.165) is 11.6 Å². The molecule has 4 nitrogen and oxygen atoms in total. The number of nitrogens with one attached hydrogen (secondary N) is 1. The Morgan fingerprint density at radius 1 is 1.13 bits per heavy atom. The van der Waals surface area contributed by atoms with Crippen molar-refractivity contribution in [1.29, 1.82) is 0 Å². The van der Waals surface area contributed by atoms with Gasteiger partial charge in [0.25, 0.3) is 0 Å². The second-order valence-corrected chi connectivity index (χ2v) is 5.33. The number of ether oxygens (including phenoxy) is 2. The fraction of sp³-hybridized carbons (Fsp3) is 0.235. The number of carbonyl (C=O) groups is 1. The van der Waals surface area contributed by atoms with Gasteiger partial charge in [-0.2, -0.15) is 0 Å². The summed E-state index contributed by atoms with van der Waals surface area (Å²) in [5.74, 6) is 0.467. The third-order valence-corrected chi connectivity index (χ3v) is 3.49. The highest BCUT2D eigenvalue weighted by Gasteiger charge is 2.09. The Kier molecular flexibility index (Phi) is 5.82. The van der Waals surface area contributed by atoms with E-state index in [4.69, 9.17) is 21.1 Å². The van der Waals surface area contributed by atoms with Crippen LogP contribution in [0.1, 0.15) is 12.0 Å². The van der Waals surface area contributed by atoms with Crippen molar-refractivity contribution in [2.45, 2.75) is 12.8 Å². The van der Waals surface area contributed by atoms with Gasteiger partial charge >= 0.3 is 0 Å². The minimum absolute atomic E-state index is 0.114. The molecule has 0 atom stereocenters. The molecule has 2 rings (SSSR count). The molecule has 1 amide bonds. The Morgan fingerprint density at radius 2 is 1.78 bits per heavy atom. The minimum atomic E-state index is -0.561. The van der Waals surface area contributed by atoms with Gasteiger partial charge < -0.3 is 14.8 Å². The number of aryl methyl sites for hydroxylation is 1. The van der Waals surface area contributed by atoms with Gasteiger partial charge in [-0.15, -0.1) is 0 Å². The van der Waals surface area contributed by atoms with E-state index in [2.05, 4.69) is 5.32 Å². The highest BCUT2D eigenvalue weighted by atomic mass is 35.5. The Labute approximate surface area is 139 Å². The number of anilines is 1. The Hall–Kier alpha value is -2.27. The van der Waals surface area contributed by atoms with E-state index in [-0.39, 0.29) is 23.0 Å². The van der Waals surface area contributed by atoms with Crippen molar-refractivity contribution >= 4 is 23.2 Å². The molecule has 6 heteroatoms. The van der Waals surface area contributed by atoms with Gasteiger partial charge in [0.2, 0.25) is 5.91 Å². The fourth-order valence-corrected chi connectivity index (χ4v) is 2.23. The van der Waals surface area contributed by atoms with E-state index in [9.17, 15) is 9.18 Å². The maximum absolute atomic E-state index is 13.6. The van der Waals surface area contributed by atoms with Crippen molar-refractivity contribution in [1.82, 2.24) is 0 Å². The molecule has 0 heterocycles. The second-order valence-electron chi connectivity index (χ2n) is 4.89. The molecule has 0 unspecified atom stereocenters. The predicted molar refractivity (Wildman–Crippen MR) is 87.9 cm³/mol. The maximum Gasteiger partial charge on any atom is 0.224 e. The zero-order chi connectivity index (χ0) is 16.8. The topological polar surface area (TPSA) is 47.6 Å². The average Bonchev–Trinajstić information content (AvgIpc) is 2.55. The van der Waals surface area contributed by atoms with Gasteiger partial charge in [-0.05, 0) is 42.3 Å². The number of hydrogen-bond donors (Lipinski definition) is 1. The molecule has 0 aliphatic carbocycles. The van der Waals surface area contributed by atoms with E-state index in [1.807, 2.05) is 12.1 Å². The number of carbonyl (C=O) groups excluding carboxylic acids is 1. The molecular formula is C17H17ClFNO3. The van der Waals surface area contributed by atoms with Crippen LogP contribution in [0, 0.1) is 5.82 Å². The number of halogens is 2. The predicted octanol–water partition coefficient (Wildman–Crippen LogP) is 4.07. The van der Waals surface area contributed by atoms with Gasteiger partial charge in [0.15, 0.2) is 0 Å². The molecule has 0 bridgehead atoms. The monoisotopic (exact) mass is 337 g/mol. The molecule has 0 fully saturated rings. The van der Waals surface area contributed by atoms with Gasteiger partial charge in [-0.25, -0.2) is 4.39 Å².